The highest BCUT2D eigenvalue weighted by Gasteiger charge is 2.21. The normalized spacial score (nSPS) is 15.5. The number of rotatable bonds is 9. The first-order valence-corrected chi connectivity index (χ1v) is 10.2. The summed E-state index contributed by atoms with van der Waals surface area (Å²) in [7, 11) is -3.55. The van der Waals surface area contributed by atoms with Crippen molar-refractivity contribution in [3.05, 3.63) is 18.2 Å². The van der Waals surface area contributed by atoms with Crippen molar-refractivity contribution in [1.82, 2.24) is 4.72 Å². The van der Waals surface area contributed by atoms with Crippen molar-refractivity contribution in [2.24, 2.45) is 0 Å². The van der Waals surface area contributed by atoms with E-state index in [9.17, 15) is 8.42 Å². The second-order valence-corrected chi connectivity index (χ2v) is 7.89. The van der Waals surface area contributed by atoms with Gasteiger partial charge in [-0.15, -0.1) is 0 Å². The highest BCUT2D eigenvalue weighted by atomic mass is 32.2. The molecule has 1 aromatic carbocycles. The zero-order valence-corrected chi connectivity index (χ0v) is 15.6. The van der Waals surface area contributed by atoms with Gasteiger partial charge in [0.1, 0.15) is 13.2 Å². The number of ether oxygens (including phenoxy) is 2. The highest BCUT2D eigenvalue weighted by molar-refractivity contribution is 7.89. The first kappa shape index (κ1) is 19.0. The van der Waals surface area contributed by atoms with Crippen LogP contribution in [-0.2, 0) is 10.0 Å². The third-order valence-electron chi connectivity index (χ3n) is 4.35. The predicted octanol–water partition coefficient (Wildman–Crippen LogP) is 0.830. The van der Waals surface area contributed by atoms with Crippen LogP contribution < -0.4 is 19.1 Å². The molecule has 0 amide bonds. The topological polar surface area (TPSA) is 69.1 Å². The number of nitrogens with one attached hydrogen (secondary N) is 2. The van der Waals surface area contributed by atoms with E-state index in [0.717, 1.165) is 32.5 Å². The van der Waals surface area contributed by atoms with Crippen LogP contribution in [0.25, 0.3) is 0 Å². The van der Waals surface area contributed by atoms with Crippen molar-refractivity contribution in [2.75, 3.05) is 32.8 Å². The second kappa shape index (κ2) is 8.69. The van der Waals surface area contributed by atoms with Gasteiger partial charge in [0.15, 0.2) is 11.5 Å². The fraction of sp³-hybridized carbons (Fsp3) is 0.647. The van der Waals surface area contributed by atoms with Gasteiger partial charge in [0.05, 0.1) is 24.5 Å². The van der Waals surface area contributed by atoms with E-state index >= 15 is 0 Å². The lowest BCUT2D eigenvalue weighted by Gasteiger charge is -2.20. The summed E-state index contributed by atoms with van der Waals surface area (Å²) in [4.78, 5) is 1.75. The van der Waals surface area contributed by atoms with Gasteiger partial charge in [-0.2, -0.15) is 0 Å². The molecule has 24 heavy (non-hydrogen) atoms. The molecule has 0 unspecified atom stereocenters. The number of hydrogen-bond acceptors (Lipinski definition) is 4. The zero-order chi connectivity index (χ0) is 17.6. The molecule has 1 aromatic rings. The Morgan fingerprint density at radius 3 is 2.50 bits per heavy atom. The molecular weight excluding hydrogens is 328 g/mol. The van der Waals surface area contributed by atoms with Gasteiger partial charge in [-0.1, -0.05) is 0 Å². The zero-order valence-electron chi connectivity index (χ0n) is 14.8. The molecule has 0 saturated carbocycles. The maximum absolute atomic E-state index is 12.5. The van der Waals surface area contributed by atoms with Gasteiger partial charge in [0.2, 0.25) is 10.0 Å². The smallest absolute Gasteiger partial charge is 0.240 e. The Bertz CT molecular complexity index is 629. The van der Waals surface area contributed by atoms with Crippen LogP contribution in [0.5, 0.6) is 11.5 Å². The van der Waals surface area contributed by atoms with Gasteiger partial charge in [-0.3, -0.25) is 0 Å². The minimum atomic E-state index is -3.55. The fourth-order valence-corrected chi connectivity index (χ4v) is 4.14. The van der Waals surface area contributed by atoms with Gasteiger partial charge >= 0.3 is 0 Å². The molecule has 1 heterocycles. The van der Waals surface area contributed by atoms with E-state index in [1.807, 2.05) is 6.92 Å². The van der Waals surface area contributed by atoms with Crippen LogP contribution in [0.2, 0.25) is 0 Å². The minimum absolute atomic E-state index is 0.0989. The molecule has 1 atom stereocenters. The van der Waals surface area contributed by atoms with E-state index in [2.05, 4.69) is 18.6 Å². The van der Waals surface area contributed by atoms with Crippen molar-refractivity contribution in [1.29, 1.82) is 0 Å². The summed E-state index contributed by atoms with van der Waals surface area (Å²) >= 11 is 0. The molecule has 1 aliphatic rings. The van der Waals surface area contributed by atoms with Crippen molar-refractivity contribution >= 4 is 10.0 Å². The van der Waals surface area contributed by atoms with Crippen molar-refractivity contribution < 1.29 is 22.8 Å². The summed E-state index contributed by atoms with van der Waals surface area (Å²) in [5.74, 6) is 1.08. The van der Waals surface area contributed by atoms with Crippen LogP contribution in [-0.4, -0.2) is 47.3 Å². The second-order valence-electron chi connectivity index (χ2n) is 6.18. The number of quaternary nitrogens is 1. The standard InChI is InChI=1S/C17H28N2O4S/c1-4-19(5-2)10-6-7-14(3)18-24(20,21)15-8-9-16-17(13-15)23-12-11-22-16/h8-9,13-14,18H,4-7,10-12H2,1-3H3/p+1/t14-/m0/s1. The van der Waals surface area contributed by atoms with Crippen molar-refractivity contribution in [2.45, 2.75) is 44.6 Å². The third-order valence-corrected chi connectivity index (χ3v) is 5.93. The average molecular weight is 357 g/mol. The third kappa shape index (κ3) is 5.09. The molecule has 0 aliphatic carbocycles. The van der Waals surface area contributed by atoms with Crippen LogP contribution in [0.15, 0.2) is 23.1 Å². The van der Waals surface area contributed by atoms with Gasteiger partial charge in [0.25, 0.3) is 0 Å². The van der Waals surface area contributed by atoms with Crippen LogP contribution >= 0.6 is 0 Å². The highest BCUT2D eigenvalue weighted by Crippen LogP contribution is 2.32. The first-order chi connectivity index (χ1) is 11.5. The summed E-state index contributed by atoms with van der Waals surface area (Å²) in [6.45, 7) is 10.5. The largest absolute Gasteiger partial charge is 0.486 e. The molecule has 6 nitrogen and oxygen atoms in total. The molecule has 0 fully saturated rings. The van der Waals surface area contributed by atoms with E-state index in [1.165, 1.54) is 11.0 Å². The molecule has 0 saturated heterocycles. The molecular formula is C17H29N2O4S+. The monoisotopic (exact) mass is 357 g/mol. The minimum Gasteiger partial charge on any atom is -0.486 e. The number of benzene rings is 1. The maximum Gasteiger partial charge on any atom is 0.240 e. The van der Waals surface area contributed by atoms with Crippen LogP contribution in [0.1, 0.15) is 33.6 Å². The van der Waals surface area contributed by atoms with Gasteiger partial charge in [-0.05, 0) is 45.7 Å². The lowest BCUT2D eigenvalue weighted by atomic mass is 10.2. The lowest BCUT2D eigenvalue weighted by Crippen LogP contribution is -3.11. The quantitative estimate of drug-likeness (QED) is 0.687. The molecule has 0 spiro atoms. The summed E-state index contributed by atoms with van der Waals surface area (Å²) in [5.41, 5.74) is 0. The fourth-order valence-electron chi connectivity index (χ4n) is 2.84. The van der Waals surface area contributed by atoms with E-state index < -0.39 is 10.0 Å². The van der Waals surface area contributed by atoms with Gasteiger partial charge in [0, 0.05) is 12.1 Å². The van der Waals surface area contributed by atoms with Crippen LogP contribution in [0.3, 0.4) is 0 Å². The van der Waals surface area contributed by atoms with E-state index in [0.29, 0.717) is 24.7 Å². The summed E-state index contributed by atoms with van der Waals surface area (Å²) in [5, 5.41) is 0. The van der Waals surface area contributed by atoms with Gasteiger partial charge in [-0.25, -0.2) is 13.1 Å². The van der Waals surface area contributed by atoms with Crippen LogP contribution in [0, 0.1) is 0 Å². The van der Waals surface area contributed by atoms with E-state index in [-0.39, 0.29) is 10.9 Å². The Balaban J connectivity index is 1.93. The van der Waals surface area contributed by atoms with Crippen molar-refractivity contribution in [3.63, 3.8) is 0 Å². The lowest BCUT2D eigenvalue weighted by molar-refractivity contribution is -0.896. The molecule has 0 aromatic heterocycles. The maximum atomic E-state index is 12.5. The Hall–Kier alpha value is -1.31. The molecule has 1 aliphatic heterocycles. The number of sulfonamides is 1. The summed E-state index contributed by atoms with van der Waals surface area (Å²) in [6.07, 6.45) is 1.83. The molecule has 136 valence electrons. The molecule has 7 heteroatoms. The van der Waals surface area contributed by atoms with E-state index in [1.54, 1.807) is 12.1 Å². The van der Waals surface area contributed by atoms with Gasteiger partial charge < -0.3 is 14.4 Å². The Morgan fingerprint density at radius 2 is 1.83 bits per heavy atom. The average Bonchev–Trinajstić information content (AvgIpc) is 2.58. The predicted molar refractivity (Wildman–Crippen MR) is 93.4 cm³/mol. The number of hydrogen-bond donors (Lipinski definition) is 2. The van der Waals surface area contributed by atoms with E-state index in [4.69, 9.17) is 9.47 Å². The number of fused-ring (bicyclic) bond motifs is 1. The molecule has 2 rings (SSSR count). The Labute approximate surface area is 145 Å². The molecule has 0 radical (unpaired) electrons. The first-order valence-electron chi connectivity index (χ1n) is 8.71. The Morgan fingerprint density at radius 1 is 1.17 bits per heavy atom. The Kier molecular flexibility index (Phi) is 6.89. The van der Waals surface area contributed by atoms with Crippen LogP contribution in [0.4, 0.5) is 0 Å². The van der Waals surface area contributed by atoms with Crippen molar-refractivity contribution in [3.8, 4) is 11.5 Å². The molecule has 0 bridgehead atoms. The SMILES string of the molecule is CC[NH+](CC)CCC[C@H](C)NS(=O)(=O)c1ccc2c(c1)OCCO2. The molecule has 2 N–H and O–H groups in total. The summed E-state index contributed by atoms with van der Waals surface area (Å²) in [6, 6.07) is 4.64. The summed E-state index contributed by atoms with van der Waals surface area (Å²) < 4.78 is 38.7.